The molecule has 0 bridgehead atoms. The van der Waals surface area contributed by atoms with E-state index in [4.69, 9.17) is 16.4 Å². The van der Waals surface area contributed by atoms with Crippen molar-refractivity contribution in [3.63, 3.8) is 0 Å². The van der Waals surface area contributed by atoms with Crippen molar-refractivity contribution in [2.24, 2.45) is 0 Å². The number of ketones is 1. The molecule has 10 nitrogen and oxygen atoms in total. The van der Waals surface area contributed by atoms with Crippen molar-refractivity contribution in [1.29, 1.82) is 0 Å². The number of hydrogen-bond acceptors (Lipinski definition) is 8. The number of aryl methyl sites for hydroxylation is 1. The fourth-order valence-electron chi connectivity index (χ4n) is 5.01. The van der Waals surface area contributed by atoms with E-state index in [9.17, 15) is 4.79 Å². The van der Waals surface area contributed by atoms with E-state index in [0.717, 1.165) is 46.6 Å². The zero-order valence-electron chi connectivity index (χ0n) is 24.6. The fourth-order valence-corrected chi connectivity index (χ4v) is 5.29. The van der Waals surface area contributed by atoms with Crippen molar-refractivity contribution >= 4 is 17.4 Å². The van der Waals surface area contributed by atoms with E-state index in [2.05, 4.69) is 37.5 Å². The summed E-state index contributed by atoms with van der Waals surface area (Å²) in [6, 6.07) is 21.6. The van der Waals surface area contributed by atoms with E-state index in [1.54, 1.807) is 6.07 Å². The molecule has 0 saturated heterocycles. The van der Waals surface area contributed by atoms with Gasteiger partial charge in [0.1, 0.15) is 17.2 Å². The number of pyridine rings is 1. The van der Waals surface area contributed by atoms with Crippen molar-refractivity contribution in [2.75, 3.05) is 13.2 Å². The van der Waals surface area contributed by atoms with Gasteiger partial charge in [-0.1, -0.05) is 80.4 Å². The maximum atomic E-state index is 14.0. The summed E-state index contributed by atoms with van der Waals surface area (Å²) in [5.74, 6) is 0.968. The standard InChI is InChI=1S/C32H35ClN8O2/c1-4-7-16-28-35-31(33)29(30(42)27-15-11-14-24(34-27)21-40(5-2)43-6-3)41(28)20-22-17-18-25(23-12-9-8-10-13-23)26(19-22)32-36-38-39-37-32/h8-15,17-19H,4-7,16,20-21H2,1-3H3,(H,36,37,38,39). The van der Waals surface area contributed by atoms with Gasteiger partial charge < -0.3 is 4.57 Å². The van der Waals surface area contributed by atoms with Gasteiger partial charge in [0.15, 0.2) is 5.15 Å². The number of hydrogen-bond donors (Lipinski definition) is 1. The van der Waals surface area contributed by atoms with Crippen LogP contribution >= 0.6 is 11.6 Å². The second-order valence-corrected chi connectivity index (χ2v) is 10.4. The Labute approximate surface area is 256 Å². The number of carbonyl (C=O) groups is 1. The van der Waals surface area contributed by atoms with Gasteiger partial charge >= 0.3 is 0 Å². The monoisotopic (exact) mass is 598 g/mol. The summed E-state index contributed by atoms with van der Waals surface area (Å²) in [6.45, 7) is 8.18. The Morgan fingerprint density at radius 2 is 1.84 bits per heavy atom. The van der Waals surface area contributed by atoms with Gasteiger partial charge in [-0.3, -0.25) is 9.63 Å². The predicted octanol–water partition coefficient (Wildman–Crippen LogP) is 6.17. The van der Waals surface area contributed by atoms with E-state index in [0.29, 0.717) is 49.9 Å². The highest BCUT2D eigenvalue weighted by atomic mass is 35.5. The number of nitrogens with one attached hydrogen (secondary N) is 1. The Morgan fingerprint density at radius 1 is 1.00 bits per heavy atom. The maximum Gasteiger partial charge on any atom is 0.230 e. The van der Waals surface area contributed by atoms with Gasteiger partial charge in [0.05, 0.1) is 18.8 Å². The molecule has 5 rings (SSSR count). The molecule has 0 spiro atoms. The molecule has 3 heterocycles. The van der Waals surface area contributed by atoms with Crippen LogP contribution in [0.15, 0.2) is 66.7 Å². The molecule has 222 valence electrons. The second-order valence-electron chi connectivity index (χ2n) is 10.1. The van der Waals surface area contributed by atoms with Crippen LogP contribution in [0.25, 0.3) is 22.5 Å². The molecule has 0 saturated carbocycles. The second kappa shape index (κ2) is 14.3. The minimum atomic E-state index is -0.277. The molecule has 0 aliphatic carbocycles. The molecule has 43 heavy (non-hydrogen) atoms. The Morgan fingerprint density at radius 3 is 2.56 bits per heavy atom. The Balaban J connectivity index is 1.53. The highest BCUT2D eigenvalue weighted by Gasteiger charge is 2.25. The number of nitrogens with zero attached hydrogens (tertiary/aromatic N) is 7. The van der Waals surface area contributed by atoms with E-state index < -0.39 is 0 Å². The van der Waals surface area contributed by atoms with E-state index >= 15 is 0 Å². The number of unbranched alkanes of at least 4 members (excludes halogenated alkanes) is 1. The van der Waals surface area contributed by atoms with Crippen LogP contribution in [0.1, 0.15) is 66.9 Å². The lowest BCUT2D eigenvalue weighted by atomic mass is 9.97. The topological polar surface area (TPSA) is 115 Å². The van der Waals surface area contributed by atoms with Gasteiger partial charge in [-0.25, -0.2) is 9.97 Å². The lowest BCUT2D eigenvalue weighted by Gasteiger charge is -2.18. The third-order valence-corrected chi connectivity index (χ3v) is 7.37. The normalized spacial score (nSPS) is 11.4. The lowest BCUT2D eigenvalue weighted by Crippen LogP contribution is -2.24. The van der Waals surface area contributed by atoms with Crippen molar-refractivity contribution < 1.29 is 9.63 Å². The van der Waals surface area contributed by atoms with Gasteiger partial charge in [0.2, 0.25) is 11.6 Å². The molecule has 0 aliphatic rings. The first-order valence-corrected chi connectivity index (χ1v) is 15.0. The maximum absolute atomic E-state index is 14.0. The third-order valence-electron chi connectivity index (χ3n) is 7.11. The minimum absolute atomic E-state index is 0.173. The molecule has 0 fully saturated rings. The van der Waals surface area contributed by atoms with Crippen LogP contribution in [-0.2, 0) is 24.3 Å². The van der Waals surface area contributed by atoms with Crippen molar-refractivity contribution in [3.8, 4) is 22.5 Å². The summed E-state index contributed by atoms with van der Waals surface area (Å²) in [6.07, 6.45) is 2.59. The van der Waals surface area contributed by atoms with Crippen LogP contribution in [-0.4, -0.2) is 59.2 Å². The van der Waals surface area contributed by atoms with Crippen LogP contribution in [0.2, 0.25) is 5.15 Å². The quantitative estimate of drug-likeness (QED) is 0.119. The summed E-state index contributed by atoms with van der Waals surface area (Å²) >= 11 is 6.70. The molecule has 3 aromatic heterocycles. The van der Waals surface area contributed by atoms with Crippen molar-refractivity contribution in [2.45, 2.75) is 53.1 Å². The van der Waals surface area contributed by atoms with Crippen LogP contribution in [0.4, 0.5) is 0 Å². The number of aromatic amines is 1. The van der Waals surface area contributed by atoms with Crippen LogP contribution in [0, 0.1) is 0 Å². The Kier molecular flexibility index (Phi) is 10.0. The number of rotatable bonds is 14. The summed E-state index contributed by atoms with van der Waals surface area (Å²) in [4.78, 5) is 29.0. The smallest absolute Gasteiger partial charge is 0.230 e. The number of tetrazole rings is 1. The average Bonchev–Trinajstić information content (AvgIpc) is 3.68. The van der Waals surface area contributed by atoms with Gasteiger partial charge in [-0.15, -0.1) is 10.2 Å². The predicted molar refractivity (Wildman–Crippen MR) is 165 cm³/mol. The number of carbonyl (C=O) groups excluding carboxylic acids is 1. The van der Waals surface area contributed by atoms with Gasteiger partial charge in [-0.05, 0) is 53.4 Å². The fraction of sp³-hybridized carbons (Fsp3) is 0.312. The summed E-state index contributed by atoms with van der Waals surface area (Å²) < 4.78 is 1.92. The molecular formula is C32H35ClN8O2. The number of H-pyrrole nitrogens is 1. The lowest BCUT2D eigenvalue weighted by molar-refractivity contribution is -0.159. The highest BCUT2D eigenvalue weighted by molar-refractivity contribution is 6.33. The highest BCUT2D eigenvalue weighted by Crippen LogP contribution is 2.32. The molecular weight excluding hydrogens is 564 g/mol. The van der Waals surface area contributed by atoms with Crippen molar-refractivity contribution in [1.82, 2.24) is 40.2 Å². The van der Waals surface area contributed by atoms with Crippen molar-refractivity contribution in [3.05, 3.63) is 100 Å². The molecule has 2 aromatic carbocycles. The SMILES string of the molecule is CCCCc1nc(Cl)c(C(=O)c2cccc(CN(CC)OCC)n2)n1Cc1ccc(-c2ccccc2)c(-c2nn[nH]n2)c1. The van der Waals surface area contributed by atoms with E-state index in [1.165, 1.54) is 0 Å². The van der Waals surface area contributed by atoms with E-state index in [1.807, 2.05) is 84.1 Å². The number of aromatic nitrogens is 7. The molecule has 0 atom stereocenters. The number of benzene rings is 2. The first-order valence-electron chi connectivity index (χ1n) is 14.6. The van der Waals surface area contributed by atoms with Gasteiger partial charge in [0, 0.05) is 25.1 Å². The third kappa shape index (κ3) is 7.05. The molecule has 0 radical (unpaired) electrons. The molecule has 0 aliphatic heterocycles. The largest absolute Gasteiger partial charge is 0.319 e. The Bertz CT molecular complexity index is 1650. The van der Waals surface area contributed by atoms with Crippen LogP contribution in [0.5, 0.6) is 0 Å². The Hall–Kier alpha value is -4.25. The molecule has 5 aromatic rings. The first-order chi connectivity index (χ1) is 21.0. The summed E-state index contributed by atoms with van der Waals surface area (Å²) in [5, 5.41) is 16.8. The average molecular weight is 599 g/mol. The molecule has 0 amide bonds. The van der Waals surface area contributed by atoms with Gasteiger partial charge in [0.25, 0.3) is 0 Å². The molecule has 11 heteroatoms. The zero-order valence-corrected chi connectivity index (χ0v) is 25.4. The summed E-state index contributed by atoms with van der Waals surface area (Å²) in [7, 11) is 0. The molecule has 1 N–H and O–H groups in total. The minimum Gasteiger partial charge on any atom is -0.319 e. The number of imidazole rings is 1. The zero-order chi connectivity index (χ0) is 30.2. The summed E-state index contributed by atoms with van der Waals surface area (Å²) in [5.41, 5.74) is 5.15. The molecule has 0 unspecified atom stereocenters. The van der Waals surface area contributed by atoms with E-state index in [-0.39, 0.29) is 10.9 Å². The van der Waals surface area contributed by atoms with Crippen LogP contribution < -0.4 is 0 Å². The van der Waals surface area contributed by atoms with Crippen LogP contribution in [0.3, 0.4) is 0 Å². The van der Waals surface area contributed by atoms with Gasteiger partial charge in [-0.2, -0.15) is 10.3 Å². The first kappa shape index (κ1) is 30.2. The number of hydroxylamine groups is 2. The number of halogens is 1.